The van der Waals surface area contributed by atoms with Crippen LogP contribution in [-0.4, -0.2) is 17.2 Å². The van der Waals surface area contributed by atoms with Crippen molar-refractivity contribution in [3.05, 3.63) is 186 Å². The summed E-state index contributed by atoms with van der Waals surface area (Å²) >= 11 is 0. The number of hydrogen-bond acceptors (Lipinski definition) is 0. The topological polar surface area (TPSA) is 4.93 Å². The molecule has 7 aromatic carbocycles. The van der Waals surface area contributed by atoms with Crippen LogP contribution in [0.15, 0.2) is 164 Å². The number of hydrogen-bond donors (Lipinski definition) is 0. The second kappa shape index (κ2) is 14.2. The minimum atomic E-state index is -4.56. The monoisotopic (exact) mass is 803 g/mol. The van der Waals surface area contributed by atoms with E-state index >= 15 is 0 Å². The molecular weight excluding hydrogens is 766 g/mol. The molecular formula is C48H37F6NP2. The van der Waals surface area contributed by atoms with Crippen molar-refractivity contribution in [2.75, 3.05) is 0 Å². The molecule has 1 heterocycles. The maximum Gasteiger partial charge on any atom is 0.416 e. The Bertz CT molecular complexity index is 2740. The molecule has 9 heteroatoms. The van der Waals surface area contributed by atoms with E-state index in [-0.39, 0.29) is 0 Å². The van der Waals surface area contributed by atoms with Crippen LogP contribution >= 0.6 is 13.8 Å². The van der Waals surface area contributed by atoms with Crippen molar-refractivity contribution in [2.24, 2.45) is 0 Å². The van der Waals surface area contributed by atoms with Gasteiger partial charge in [0.05, 0.1) is 22.2 Å². The minimum Gasteiger partial charge on any atom is -0.309 e. The van der Waals surface area contributed by atoms with Crippen molar-refractivity contribution < 1.29 is 26.3 Å². The van der Waals surface area contributed by atoms with Gasteiger partial charge < -0.3 is 4.57 Å². The minimum absolute atomic E-state index is 0.502. The summed E-state index contributed by atoms with van der Waals surface area (Å²) in [7, 11) is 0. The SMILES string of the molecule is C=P(c1ccc(C)cc1)(c1ccc(C)cc1)c1ccc2c3ccc(P(=C)(c4ccc(C(F)(F)F)cc4)c4ccc(C(F)(F)F)cc4)cc3n(-c3ccccc3)c2c1. The fourth-order valence-electron chi connectivity index (χ4n) is 7.63. The lowest BCUT2D eigenvalue weighted by atomic mass is 10.1. The zero-order valence-corrected chi connectivity index (χ0v) is 32.9. The molecule has 0 aliphatic heterocycles. The maximum absolute atomic E-state index is 13.7. The first-order valence-corrected chi connectivity index (χ1v) is 22.1. The first-order chi connectivity index (χ1) is 27.1. The van der Waals surface area contributed by atoms with Gasteiger partial charge in [-0.05, 0) is 108 Å². The van der Waals surface area contributed by atoms with Gasteiger partial charge in [-0.25, -0.2) is 0 Å². The number of benzene rings is 7. The Labute approximate surface area is 327 Å². The molecule has 8 aromatic rings. The molecule has 0 amide bonds. The normalized spacial score (nSPS) is 12.7. The molecule has 0 saturated heterocycles. The largest absolute Gasteiger partial charge is 0.416 e. The highest BCUT2D eigenvalue weighted by Gasteiger charge is 2.33. The van der Waals surface area contributed by atoms with Crippen LogP contribution in [0.5, 0.6) is 0 Å². The molecule has 286 valence electrons. The molecule has 1 nitrogen and oxygen atoms in total. The van der Waals surface area contributed by atoms with E-state index in [9.17, 15) is 26.3 Å². The number of para-hydroxylation sites is 1. The van der Waals surface area contributed by atoms with Crippen LogP contribution in [0.25, 0.3) is 27.5 Å². The quantitative estimate of drug-likeness (QED) is 0.112. The Kier molecular flexibility index (Phi) is 9.54. The van der Waals surface area contributed by atoms with Crippen LogP contribution in [0.1, 0.15) is 22.3 Å². The van der Waals surface area contributed by atoms with Gasteiger partial charge >= 0.3 is 12.4 Å². The van der Waals surface area contributed by atoms with Crippen molar-refractivity contribution in [1.29, 1.82) is 0 Å². The van der Waals surface area contributed by atoms with E-state index in [1.54, 1.807) is 0 Å². The molecule has 0 aliphatic rings. The van der Waals surface area contributed by atoms with E-state index in [0.29, 0.717) is 15.9 Å². The summed E-state index contributed by atoms with van der Waals surface area (Å²) < 4.78 is 84.4. The number of aromatic nitrogens is 1. The smallest absolute Gasteiger partial charge is 0.309 e. The Morgan fingerprint density at radius 3 is 1.05 bits per heavy atom. The molecule has 0 atom stereocenters. The average Bonchev–Trinajstić information content (AvgIpc) is 3.53. The lowest BCUT2D eigenvalue weighted by Crippen LogP contribution is -2.26. The van der Waals surface area contributed by atoms with Crippen LogP contribution in [-0.2, 0) is 12.4 Å². The van der Waals surface area contributed by atoms with Crippen molar-refractivity contribution >= 4 is 80.0 Å². The summed E-state index contributed by atoms with van der Waals surface area (Å²) in [5, 5.41) is 6.99. The number of halogens is 6. The zero-order valence-electron chi connectivity index (χ0n) is 31.1. The number of nitrogens with zero attached hydrogens (tertiary/aromatic N) is 1. The van der Waals surface area contributed by atoms with Gasteiger partial charge in [-0.15, -0.1) is 0 Å². The fraction of sp³-hybridized carbons (Fsp3) is 0.0833. The predicted molar refractivity (Wildman–Crippen MR) is 232 cm³/mol. The summed E-state index contributed by atoms with van der Waals surface area (Å²) in [5.41, 5.74) is 3.33. The molecule has 0 unspecified atom stereocenters. The third-order valence-electron chi connectivity index (χ3n) is 10.9. The number of alkyl halides is 6. The van der Waals surface area contributed by atoms with Crippen molar-refractivity contribution in [2.45, 2.75) is 26.2 Å². The van der Waals surface area contributed by atoms with Gasteiger partial charge in [0.1, 0.15) is 0 Å². The number of fused-ring (bicyclic) bond motifs is 3. The Hall–Kier alpha value is -5.48. The third-order valence-corrected chi connectivity index (χ3v) is 17.9. The van der Waals surface area contributed by atoms with E-state index < -0.39 is 37.3 Å². The third kappa shape index (κ3) is 6.77. The summed E-state index contributed by atoms with van der Waals surface area (Å²) in [6.45, 7) is -1.33. The lowest BCUT2D eigenvalue weighted by molar-refractivity contribution is -0.138. The van der Waals surface area contributed by atoms with Crippen molar-refractivity contribution in [1.82, 2.24) is 4.57 Å². The molecule has 0 bridgehead atoms. The van der Waals surface area contributed by atoms with Gasteiger partial charge in [0.25, 0.3) is 0 Å². The van der Waals surface area contributed by atoms with Crippen LogP contribution in [0.3, 0.4) is 0 Å². The van der Waals surface area contributed by atoms with E-state index in [4.69, 9.17) is 6.30 Å². The van der Waals surface area contributed by atoms with Crippen molar-refractivity contribution in [3.63, 3.8) is 0 Å². The highest BCUT2D eigenvalue weighted by molar-refractivity contribution is 7.93. The predicted octanol–water partition coefficient (Wildman–Crippen LogP) is 10.9. The summed E-state index contributed by atoms with van der Waals surface area (Å²) in [5.74, 6) is 0. The van der Waals surface area contributed by atoms with Gasteiger partial charge in [-0.2, -0.15) is 26.3 Å². The molecule has 0 radical (unpaired) electrons. The van der Waals surface area contributed by atoms with E-state index in [0.717, 1.165) is 78.8 Å². The van der Waals surface area contributed by atoms with Crippen LogP contribution < -0.4 is 31.8 Å². The second-order valence-electron chi connectivity index (χ2n) is 14.5. The van der Waals surface area contributed by atoms with E-state index in [1.807, 2.05) is 48.5 Å². The number of aryl methyl sites for hydroxylation is 2. The first-order valence-electron chi connectivity index (χ1n) is 18.2. The molecule has 1 aromatic heterocycles. The summed E-state index contributed by atoms with van der Waals surface area (Å²) in [6.07, 6.45) is 0.586. The zero-order chi connectivity index (χ0) is 40.3. The lowest BCUT2D eigenvalue weighted by Gasteiger charge is -2.27. The molecule has 8 rings (SSSR count). The Balaban J connectivity index is 1.40. The van der Waals surface area contributed by atoms with Gasteiger partial charge in [-0.1, -0.05) is 139 Å². The molecule has 0 aliphatic carbocycles. The molecule has 0 saturated carbocycles. The fourth-order valence-corrected chi connectivity index (χ4v) is 13.4. The summed E-state index contributed by atoms with van der Waals surface area (Å²) in [4.78, 5) is 0. The highest BCUT2D eigenvalue weighted by atomic mass is 31.2. The highest BCUT2D eigenvalue weighted by Crippen LogP contribution is 2.46. The number of rotatable bonds is 7. The maximum atomic E-state index is 13.7. The van der Waals surface area contributed by atoms with Gasteiger partial charge in [0.2, 0.25) is 0 Å². The van der Waals surface area contributed by atoms with Crippen LogP contribution in [0.2, 0.25) is 0 Å². The van der Waals surface area contributed by atoms with Gasteiger partial charge in [-0.3, -0.25) is 0 Å². The van der Waals surface area contributed by atoms with Crippen LogP contribution in [0, 0.1) is 13.8 Å². The molecule has 0 N–H and O–H groups in total. The second-order valence-corrected chi connectivity index (χ2v) is 20.8. The molecule has 0 spiro atoms. The Morgan fingerprint density at radius 2 is 0.719 bits per heavy atom. The van der Waals surface area contributed by atoms with E-state index in [1.165, 1.54) is 24.3 Å². The summed E-state index contributed by atoms with van der Waals surface area (Å²) in [6, 6.07) is 49.1. The Morgan fingerprint density at radius 1 is 0.404 bits per heavy atom. The van der Waals surface area contributed by atoms with Gasteiger partial charge in [0.15, 0.2) is 0 Å². The average molecular weight is 804 g/mol. The van der Waals surface area contributed by atoms with Crippen LogP contribution in [0.4, 0.5) is 26.3 Å². The first kappa shape index (κ1) is 38.4. The standard InChI is InChI=1S/C48H37F6NP2/c1-32-10-18-37(19-11-32)56(3,38-20-12-33(2)13-21-38)41-26-28-43-44-29-27-42(31-46(44)55(45(43)30-41)36-8-6-5-7-9-36)57(4,39-22-14-34(15-23-39)47(49,50)51)40-24-16-35(17-25-40)48(52,53)54/h5-31H,3-4H2,1-2H3. The van der Waals surface area contributed by atoms with Gasteiger partial charge in [0, 0.05) is 16.5 Å². The molecule has 0 fully saturated rings. The van der Waals surface area contributed by atoms with E-state index in [2.05, 4.69) is 91.4 Å². The van der Waals surface area contributed by atoms with Crippen molar-refractivity contribution in [3.8, 4) is 5.69 Å². The molecule has 57 heavy (non-hydrogen) atoms.